The van der Waals surface area contributed by atoms with Crippen LogP contribution in [0.25, 0.3) is 11.8 Å². The molecule has 2 rings (SSSR count). The van der Waals surface area contributed by atoms with Gasteiger partial charge in [0.05, 0.1) is 14.2 Å². The van der Waals surface area contributed by atoms with E-state index >= 15 is 0 Å². The molecule has 0 amide bonds. The summed E-state index contributed by atoms with van der Waals surface area (Å²) in [6.07, 6.45) is 1.78. The number of para-hydroxylation sites is 1. The molecule has 0 N–H and O–H groups in total. The van der Waals surface area contributed by atoms with Crippen LogP contribution in [0.4, 0.5) is 0 Å². The van der Waals surface area contributed by atoms with Crippen molar-refractivity contribution in [3.63, 3.8) is 0 Å². The third kappa shape index (κ3) is 8.53. The maximum Gasteiger partial charge on any atom is 0.127 e. The first-order valence-corrected chi connectivity index (χ1v) is 10.9. The number of hydrogen-bond donors (Lipinski definition) is 0. The number of allylic oxidation sites excluding steroid dienone is 1. The summed E-state index contributed by atoms with van der Waals surface area (Å²) in [4.78, 5) is 0. The summed E-state index contributed by atoms with van der Waals surface area (Å²) in [5, 5.41) is 0. The van der Waals surface area contributed by atoms with Gasteiger partial charge < -0.3 is 14.2 Å². The number of rotatable bonds is 7. The average molecular weight is 425 g/mol. The van der Waals surface area contributed by atoms with Gasteiger partial charge >= 0.3 is 0 Å². The Bertz CT molecular complexity index is 845. The fourth-order valence-electron chi connectivity index (χ4n) is 3.38. The highest BCUT2D eigenvalue weighted by atomic mass is 16.5. The molecule has 0 spiro atoms. The molecule has 0 bridgehead atoms. The molecule has 0 saturated carbocycles. The standard InChI is InChI=1S/C19H30O2.C9H10O/c1-13(2)17(14(3)4)18(21-19(5,6)7)15-10-9-11-16(12-15)20-8;1-3-8-6-4-5-7-9(8)10-2/h9-14H,1-8H3;3-7H,1H2,2H3. The van der Waals surface area contributed by atoms with Crippen LogP contribution < -0.4 is 9.47 Å². The third-order valence-corrected chi connectivity index (χ3v) is 4.61. The molecule has 0 atom stereocenters. The molecule has 0 aromatic heterocycles. The molecule has 0 heterocycles. The molecule has 0 saturated heterocycles. The molecular weight excluding hydrogens is 384 g/mol. The van der Waals surface area contributed by atoms with E-state index in [-0.39, 0.29) is 5.60 Å². The minimum Gasteiger partial charge on any atom is -0.497 e. The van der Waals surface area contributed by atoms with Crippen molar-refractivity contribution in [1.82, 2.24) is 0 Å². The van der Waals surface area contributed by atoms with Gasteiger partial charge in [-0.05, 0) is 56.4 Å². The van der Waals surface area contributed by atoms with Crippen LogP contribution in [0.2, 0.25) is 0 Å². The van der Waals surface area contributed by atoms with E-state index in [1.165, 1.54) is 5.57 Å². The second kappa shape index (κ2) is 12.2. The second-order valence-electron chi connectivity index (χ2n) is 8.99. The fourth-order valence-corrected chi connectivity index (χ4v) is 3.38. The molecule has 0 aliphatic heterocycles. The van der Waals surface area contributed by atoms with Crippen molar-refractivity contribution >= 4 is 11.8 Å². The number of ether oxygens (including phenoxy) is 3. The summed E-state index contributed by atoms with van der Waals surface area (Å²) in [6.45, 7) is 18.8. The van der Waals surface area contributed by atoms with Gasteiger partial charge in [0.25, 0.3) is 0 Å². The summed E-state index contributed by atoms with van der Waals surface area (Å²) in [5.74, 6) is 3.60. The van der Waals surface area contributed by atoms with Crippen molar-refractivity contribution in [3.05, 3.63) is 71.8 Å². The number of hydrogen-bond acceptors (Lipinski definition) is 3. The van der Waals surface area contributed by atoms with E-state index in [2.05, 4.69) is 61.1 Å². The summed E-state index contributed by atoms with van der Waals surface area (Å²) >= 11 is 0. The van der Waals surface area contributed by atoms with Crippen molar-refractivity contribution in [2.45, 2.75) is 54.1 Å². The minimum absolute atomic E-state index is 0.229. The van der Waals surface area contributed by atoms with E-state index in [4.69, 9.17) is 14.2 Å². The maximum atomic E-state index is 6.33. The quantitative estimate of drug-likeness (QED) is 0.423. The minimum atomic E-state index is -0.229. The van der Waals surface area contributed by atoms with Crippen LogP contribution in [0.3, 0.4) is 0 Å². The molecule has 170 valence electrons. The van der Waals surface area contributed by atoms with Crippen molar-refractivity contribution in [1.29, 1.82) is 0 Å². The van der Waals surface area contributed by atoms with E-state index in [1.54, 1.807) is 20.3 Å². The molecule has 0 radical (unpaired) electrons. The Kier molecular flexibility index (Phi) is 10.4. The van der Waals surface area contributed by atoms with Crippen LogP contribution in [0.1, 0.15) is 59.6 Å². The van der Waals surface area contributed by atoms with Crippen LogP contribution in [0.15, 0.2) is 60.7 Å². The highest BCUT2D eigenvalue weighted by Gasteiger charge is 2.22. The molecule has 2 aromatic rings. The number of benzene rings is 2. The van der Waals surface area contributed by atoms with Crippen molar-refractivity contribution in [2.75, 3.05) is 14.2 Å². The second-order valence-corrected chi connectivity index (χ2v) is 8.99. The van der Waals surface area contributed by atoms with Gasteiger partial charge in [-0.1, -0.05) is 70.7 Å². The molecular formula is C28H40O3. The zero-order valence-corrected chi connectivity index (χ0v) is 20.8. The molecule has 2 aromatic carbocycles. The largest absolute Gasteiger partial charge is 0.497 e. The molecule has 0 fully saturated rings. The Morgan fingerprint density at radius 2 is 1.48 bits per heavy atom. The Morgan fingerprint density at radius 3 is 1.94 bits per heavy atom. The van der Waals surface area contributed by atoms with E-state index in [9.17, 15) is 0 Å². The fraction of sp³-hybridized carbons (Fsp3) is 0.429. The SMILES string of the molecule is C=Cc1ccccc1OC.COc1cccc(C(OC(C)(C)C)=C(C(C)C)C(C)C)c1. The van der Waals surface area contributed by atoms with Crippen LogP contribution >= 0.6 is 0 Å². The normalized spacial score (nSPS) is 10.8. The lowest BCUT2D eigenvalue weighted by molar-refractivity contribution is 0.0939. The Hall–Kier alpha value is -2.68. The monoisotopic (exact) mass is 424 g/mol. The Labute approximate surface area is 189 Å². The molecule has 0 aliphatic rings. The summed E-state index contributed by atoms with van der Waals surface area (Å²) in [7, 11) is 3.35. The summed E-state index contributed by atoms with van der Waals surface area (Å²) < 4.78 is 16.8. The zero-order chi connectivity index (χ0) is 23.6. The first kappa shape index (κ1) is 26.4. The van der Waals surface area contributed by atoms with E-state index in [0.29, 0.717) is 11.8 Å². The third-order valence-electron chi connectivity index (χ3n) is 4.61. The predicted molar refractivity (Wildman–Crippen MR) is 134 cm³/mol. The smallest absolute Gasteiger partial charge is 0.127 e. The van der Waals surface area contributed by atoms with Gasteiger partial charge in [-0.15, -0.1) is 0 Å². The van der Waals surface area contributed by atoms with Crippen LogP contribution in [-0.4, -0.2) is 19.8 Å². The van der Waals surface area contributed by atoms with E-state index in [0.717, 1.165) is 28.4 Å². The number of methoxy groups -OCH3 is 2. The predicted octanol–water partition coefficient (Wildman–Crippen LogP) is 7.87. The van der Waals surface area contributed by atoms with Gasteiger partial charge in [0.15, 0.2) is 0 Å². The maximum absolute atomic E-state index is 6.33. The summed E-state index contributed by atoms with van der Waals surface area (Å²) in [6, 6.07) is 15.9. The molecule has 3 heteroatoms. The Morgan fingerprint density at radius 1 is 0.871 bits per heavy atom. The van der Waals surface area contributed by atoms with E-state index in [1.807, 2.05) is 42.5 Å². The van der Waals surface area contributed by atoms with Gasteiger partial charge in [-0.3, -0.25) is 0 Å². The van der Waals surface area contributed by atoms with Crippen LogP contribution in [0.5, 0.6) is 11.5 Å². The van der Waals surface area contributed by atoms with Gasteiger partial charge in [-0.2, -0.15) is 0 Å². The van der Waals surface area contributed by atoms with Gasteiger partial charge in [0.2, 0.25) is 0 Å². The molecule has 31 heavy (non-hydrogen) atoms. The van der Waals surface area contributed by atoms with Crippen LogP contribution in [-0.2, 0) is 4.74 Å². The summed E-state index contributed by atoms with van der Waals surface area (Å²) in [5.41, 5.74) is 3.23. The highest BCUT2D eigenvalue weighted by molar-refractivity contribution is 5.65. The molecule has 3 nitrogen and oxygen atoms in total. The average Bonchev–Trinajstić information content (AvgIpc) is 2.72. The van der Waals surface area contributed by atoms with Gasteiger partial charge in [-0.25, -0.2) is 0 Å². The topological polar surface area (TPSA) is 27.7 Å². The lowest BCUT2D eigenvalue weighted by Gasteiger charge is -2.29. The highest BCUT2D eigenvalue weighted by Crippen LogP contribution is 2.34. The van der Waals surface area contributed by atoms with Crippen molar-refractivity contribution in [3.8, 4) is 11.5 Å². The van der Waals surface area contributed by atoms with Crippen molar-refractivity contribution in [2.24, 2.45) is 11.8 Å². The van der Waals surface area contributed by atoms with Gasteiger partial charge in [0, 0.05) is 11.1 Å². The lowest BCUT2D eigenvalue weighted by atomic mass is 9.89. The van der Waals surface area contributed by atoms with Crippen LogP contribution in [0, 0.1) is 11.8 Å². The lowest BCUT2D eigenvalue weighted by Crippen LogP contribution is -2.21. The first-order valence-electron chi connectivity index (χ1n) is 10.9. The van der Waals surface area contributed by atoms with Gasteiger partial charge in [0.1, 0.15) is 22.9 Å². The van der Waals surface area contributed by atoms with Crippen molar-refractivity contribution < 1.29 is 14.2 Å². The first-order chi connectivity index (χ1) is 14.5. The van der Waals surface area contributed by atoms with E-state index < -0.39 is 0 Å². The Balaban J connectivity index is 0.000000399. The molecule has 0 unspecified atom stereocenters. The molecule has 0 aliphatic carbocycles. The zero-order valence-electron chi connectivity index (χ0n) is 20.8.